The maximum atomic E-state index is 13.5. The summed E-state index contributed by atoms with van der Waals surface area (Å²) < 4.78 is 2.05. The first-order valence-corrected chi connectivity index (χ1v) is 12.3. The molecule has 0 saturated carbocycles. The van der Waals surface area contributed by atoms with Gasteiger partial charge in [0.1, 0.15) is 5.82 Å². The minimum Gasteiger partial charge on any atom is -0.390 e. The van der Waals surface area contributed by atoms with Crippen LogP contribution in [0.3, 0.4) is 0 Å². The molecule has 3 N–H and O–H groups in total. The molecule has 0 radical (unpaired) electrons. The standard InChI is InChI=1S/C28H38N4O3/c1-18(2)26(33)31-22-15-23(27(34)29-19(3)11-10-14-28(5,6)35)25-24(16-22)30-20(4)32(25)17-21-12-8-7-9-13-21/h7-9,12-13,15-16,18-19,35H,10-11,14,17H2,1-6H3,(H,29,34)(H,31,33). The number of carbonyl (C=O) groups excluding carboxylic acids is 2. The fraction of sp³-hybridized carbons (Fsp3) is 0.464. The van der Waals surface area contributed by atoms with Crippen LogP contribution in [0.5, 0.6) is 0 Å². The van der Waals surface area contributed by atoms with Gasteiger partial charge in [-0.05, 0) is 64.7 Å². The number of aliphatic hydroxyl groups is 1. The highest BCUT2D eigenvalue weighted by Gasteiger charge is 2.21. The molecule has 1 heterocycles. The van der Waals surface area contributed by atoms with Crippen molar-refractivity contribution in [3.8, 4) is 0 Å². The van der Waals surface area contributed by atoms with E-state index in [1.54, 1.807) is 19.9 Å². The van der Waals surface area contributed by atoms with Crippen LogP contribution >= 0.6 is 0 Å². The van der Waals surface area contributed by atoms with E-state index in [1.165, 1.54) is 0 Å². The highest BCUT2D eigenvalue weighted by Crippen LogP contribution is 2.27. The second-order valence-corrected chi connectivity index (χ2v) is 10.3. The number of hydrogen-bond donors (Lipinski definition) is 3. The molecule has 7 nitrogen and oxygen atoms in total. The van der Waals surface area contributed by atoms with Crippen LogP contribution in [0.15, 0.2) is 42.5 Å². The van der Waals surface area contributed by atoms with Crippen LogP contribution in [-0.4, -0.2) is 38.1 Å². The third kappa shape index (κ3) is 7.15. The summed E-state index contributed by atoms with van der Waals surface area (Å²) >= 11 is 0. The summed E-state index contributed by atoms with van der Waals surface area (Å²) in [4.78, 5) is 30.6. The molecule has 1 unspecified atom stereocenters. The number of hydrogen-bond acceptors (Lipinski definition) is 4. The number of rotatable bonds is 10. The number of amides is 2. The van der Waals surface area contributed by atoms with E-state index in [4.69, 9.17) is 4.98 Å². The highest BCUT2D eigenvalue weighted by atomic mass is 16.3. The molecule has 3 aromatic rings. The van der Waals surface area contributed by atoms with Crippen LogP contribution < -0.4 is 10.6 Å². The lowest BCUT2D eigenvalue weighted by Gasteiger charge is -2.20. The zero-order valence-electron chi connectivity index (χ0n) is 21.7. The van der Waals surface area contributed by atoms with Crippen LogP contribution in [0.2, 0.25) is 0 Å². The molecule has 0 aliphatic rings. The van der Waals surface area contributed by atoms with Gasteiger partial charge in [-0.15, -0.1) is 0 Å². The lowest BCUT2D eigenvalue weighted by molar-refractivity contribution is -0.118. The smallest absolute Gasteiger partial charge is 0.253 e. The van der Waals surface area contributed by atoms with Crippen molar-refractivity contribution in [1.82, 2.24) is 14.9 Å². The van der Waals surface area contributed by atoms with E-state index >= 15 is 0 Å². The predicted octanol–water partition coefficient (Wildman–Crippen LogP) is 5.05. The molecule has 1 aromatic heterocycles. The summed E-state index contributed by atoms with van der Waals surface area (Å²) in [5, 5.41) is 16.0. The third-order valence-electron chi connectivity index (χ3n) is 6.06. The third-order valence-corrected chi connectivity index (χ3v) is 6.06. The molecular formula is C28H38N4O3. The van der Waals surface area contributed by atoms with Crippen LogP contribution in [-0.2, 0) is 11.3 Å². The first-order chi connectivity index (χ1) is 16.4. The largest absolute Gasteiger partial charge is 0.390 e. The lowest BCUT2D eigenvalue weighted by Crippen LogP contribution is -2.33. The number of imidazole rings is 1. The molecule has 0 aliphatic heterocycles. The van der Waals surface area contributed by atoms with E-state index in [9.17, 15) is 14.7 Å². The SMILES string of the molecule is Cc1nc2cc(NC(=O)C(C)C)cc(C(=O)NC(C)CCCC(C)(C)O)c2n1Cc1ccccc1. The number of carbonyl (C=O) groups is 2. The number of fused-ring (bicyclic) bond motifs is 1. The Hall–Kier alpha value is -3.19. The van der Waals surface area contributed by atoms with Gasteiger partial charge in [0, 0.05) is 24.2 Å². The highest BCUT2D eigenvalue weighted by molar-refractivity contribution is 6.08. The molecule has 2 aromatic carbocycles. The second kappa shape index (κ2) is 11.0. The molecule has 7 heteroatoms. The first kappa shape index (κ1) is 26.4. The summed E-state index contributed by atoms with van der Waals surface area (Å²) in [7, 11) is 0. The fourth-order valence-electron chi connectivity index (χ4n) is 4.09. The number of aromatic nitrogens is 2. The molecule has 35 heavy (non-hydrogen) atoms. The first-order valence-electron chi connectivity index (χ1n) is 12.3. The molecular weight excluding hydrogens is 440 g/mol. The maximum Gasteiger partial charge on any atom is 0.253 e. The van der Waals surface area contributed by atoms with Crippen molar-refractivity contribution in [3.05, 3.63) is 59.4 Å². The Morgan fingerprint density at radius 2 is 1.80 bits per heavy atom. The Labute approximate surface area is 208 Å². The topological polar surface area (TPSA) is 96.2 Å². The Balaban J connectivity index is 1.96. The molecule has 0 aliphatic carbocycles. The van der Waals surface area contributed by atoms with Crippen LogP contribution in [0, 0.1) is 12.8 Å². The molecule has 188 valence electrons. The number of nitrogens with one attached hydrogen (secondary N) is 2. The quantitative estimate of drug-likeness (QED) is 0.380. The summed E-state index contributed by atoms with van der Waals surface area (Å²) in [5.74, 6) is 0.288. The fourth-order valence-corrected chi connectivity index (χ4v) is 4.09. The van der Waals surface area contributed by atoms with Crippen LogP contribution in [0.1, 0.15) is 75.6 Å². The number of aryl methyl sites for hydroxylation is 1. The normalized spacial score (nSPS) is 12.7. The Morgan fingerprint density at radius 3 is 2.43 bits per heavy atom. The predicted molar refractivity (Wildman–Crippen MR) is 141 cm³/mol. The van der Waals surface area contributed by atoms with E-state index in [1.807, 2.05) is 68.7 Å². The minimum absolute atomic E-state index is 0.0691. The van der Waals surface area contributed by atoms with E-state index in [0.29, 0.717) is 29.7 Å². The van der Waals surface area contributed by atoms with Crippen molar-refractivity contribution in [2.45, 2.75) is 79.0 Å². The monoisotopic (exact) mass is 478 g/mol. The number of nitrogens with zero attached hydrogens (tertiary/aromatic N) is 2. The van der Waals surface area contributed by atoms with Gasteiger partial charge in [0.05, 0.1) is 22.2 Å². The summed E-state index contributed by atoms with van der Waals surface area (Å²) in [6.45, 7) is 11.7. The minimum atomic E-state index is -0.722. The molecule has 0 bridgehead atoms. The van der Waals surface area contributed by atoms with Gasteiger partial charge in [-0.25, -0.2) is 4.98 Å². The van der Waals surface area contributed by atoms with Gasteiger partial charge in [-0.2, -0.15) is 0 Å². The van der Waals surface area contributed by atoms with Gasteiger partial charge >= 0.3 is 0 Å². The average molecular weight is 479 g/mol. The number of benzene rings is 2. The zero-order chi connectivity index (χ0) is 25.8. The second-order valence-electron chi connectivity index (χ2n) is 10.3. The van der Waals surface area contributed by atoms with Crippen LogP contribution in [0.25, 0.3) is 11.0 Å². The van der Waals surface area contributed by atoms with Gasteiger partial charge in [0.15, 0.2) is 0 Å². The van der Waals surface area contributed by atoms with Gasteiger partial charge in [0.2, 0.25) is 5.91 Å². The molecule has 3 rings (SSSR count). The van der Waals surface area contributed by atoms with Crippen molar-refractivity contribution in [1.29, 1.82) is 0 Å². The van der Waals surface area contributed by atoms with Gasteiger partial charge in [0.25, 0.3) is 5.91 Å². The van der Waals surface area contributed by atoms with E-state index in [2.05, 4.69) is 10.6 Å². The Kier molecular flexibility index (Phi) is 8.33. The van der Waals surface area contributed by atoms with Crippen molar-refractivity contribution in [3.63, 3.8) is 0 Å². The molecule has 0 spiro atoms. The Bertz CT molecular complexity index is 1180. The van der Waals surface area contributed by atoms with E-state index in [0.717, 1.165) is 29.7 Å². The van der Waals surface area contributed by atoms with Gasteiger partial charge < -0.3 is 20.3 Å². The van der Waals surface area contributed by atoms with E-state index in [-0.39, 0.29) is 23.8 Å². The van der Waals surface area contributed by atoms with Crippen LogP contribution in [0.4, 0.5) is 5.69 Å². The molecule has 0 fully saturated rings. The lowest BCUT2D eigenvalue weighted by atomic mass is 9.99. The van der Waals surface area contributed by atoms with Crippen molar-refractivity contribution in [2.75, 3.05) is 5.32 Å². The van der Waals surface area contributed by atoms with Crippen molar-refractivity contribution >= 4 is 28.5 Å². The summed E-state index contributed by atoms with van der Waals surface area (Å²) in [6, 6.07) is 13.6. The molecule has 1 atom stereocenters. The summed E-state index contributed by atoms with van der Waals surface area (Å²) in [6.07, 6.45) is 2.22. The van der Waals surface area contributed by atoms with Crippen molar-refractivity contribution in [2.24, 2.45) is 5.92 Å². The molecule has 2 amide bonds. The maximum absolute atomic E-state index is 13.5. The van der Waals surface area contributed by atoms with Crippen molar-refractivity contribution < 1.29 is 14.7 Å². The zero-order valence-corrected chi connectivity index (χ0v) is 21.7. The van der Waals surface area contributed by atoms with Gasteiger partial charge in [-0.3, -0.25) is 9.59 Å². The van der Waals surface area contributed by atoms with Gasteiger partial charge in [-0.1, -0.05) is 44.2 Å². The average Bonchev–Trinajstić information content (AvgIpc) is 3.07. The molecule has 0 saturated heterocycles. The Morgan fingerprint density at radius 1 is 1.11 bits per heavy atom. The summed E-state index contributed by atoms with van der Waals surface area (Å²) in [5.41, 5.74) is 2.83. The number of anilines is 1. The van der Waals surface area contributed by atoms with E-state index < -0.39 is 5.60 Å².